The van der Waals surface area contributed by atoms with Crippen molar-refractivity contribution in [1.29, 1.82) is 0 Å². The Morgan fingerprint density at radius 3 is 2.59 bits per heavy atom. The molecular formula is C19H22N2O6. The fourth-order valence-electron chi connectivity index (χ4n) is 3.30. The number of fused-ring (bicyclic) bond motifs is 1. The molecule has 0 aliphatic carbocycles. The van der Waals surface area contributed by atoms with Crippen molar-refractivity contribution in [3.8, 4) is 11.5 Å². The number of hydrogen-bond acceptors (Lipinski definition) is 7. The number of carbonyl (C=O) groups is 2. The predicted molar refractivity (Wildman–Crippen MR) is 98.6 cm³/mol. The third-order valence-corrected chi connectivity index (χ3v) is 5.07. The largest absolute Gasteiger partial charge is 0.504 e. The molecule has 0 bridgehead atoms. The molecule has 2 heterocycles. The standard InChI is InChI=1S/C19H22N2O6/c1-11-12-8-15(26-3)17(24)14(10-22)18(12)27-19(25)13(11)9-16(23)21-6-4-20(2)5-7-21/h8,10,24H,4-7,9H2,1-3H3. The molecule has 8 heteroatoms. The first-order valence-electron chi connectivity index (χ1n) is 8.65. The van der Waals surface area contributed by atoms with Crippen molar-refractivity contribution in [2.24, 2.45) is 0 Å². The SMILES string of the molecule is COc1cc2c(C)c(CC(=O)N3CCN(C)CC3)c(=O)oc2c(C=O)c1O. The number of aryl methyl sites for hydroxylation is 1. The number of carbonyl (C=O) groups excluding carboxylic acids is 2. The number of piperazine rings is 1. The zero-order valence-electron chi connectivity index (χ0n) is 15.6. The van der Waals surface area contributed by atoms with Gasteiger partial charge in [0.25, 0.3) is 0 Å². The van der Waals surface area contributed by atoms with Crippen LogP contribution in [0.1, 0.15) is 21.5 Å². The highest BCUT2D eigenvalue weighted by Crippen LogP contribution is 2.36. The molecule has 1 N–H and O–H groups in total. The summed E-state index contributed by atoms with van der Waals surface area (Å²) < 4.78 is 10.4. The third kappa shape index (κ3) is 3.40. The van der Waals surface area contributed by atoms with E-state index in [9.17, 15) is 19.5 Å². The van der Waals surface area contributed by atoms with Crippen molar-refractivity contribution in [2.75, 3.05) is 40.3 Å². The molecule has 1 aliphatic rings. The van der Waals surface area contributed by atoms with E-state index >= 15 is 0 Å². The highest BCUT2D eigenvalue weighted by atomic mass is 16.5. The molecule has 0 unspecified atom stereocenters. The molecule has 8 nitrogen and oxygen atoms in total. The van der Waals surface area contributed by atoms with Gasteiger partial charge in [0.15, 0.2) is 23.4 Å². The highest BCUT2D eigenvalue weighted by Gasteiger charge is 2.24. The van der Waals surface area contributed by atoms with Crippen LogP contribution < -0.4 is 10.4 Å². The minimum absolute atomic E-state index is 0.0124. The zero-order valence-corrected chi connectivity index (χ0v) is 15.6. The summed E-state index contributed by atoms with van der Waals surface area (Å²) in [6.45, 7) is 4.50. The van der Waals surface area contributed by atoms with Gasteiger partial charge in [-0.1, -0.05) is 0 Å². The van der Waals surface area contributed by atoms with Crippen molar-refractivity contribution in [3.63, 3.8) is 0 Å². The lowest BCUT2D eigenvalue weighted by atomic mass is 10.00. The van der Waals surface area contributed by atoms with Crippen molar-refractivity contribution in [1.82, 2.24) is 9.80 Å². The number of rotatable bonds is 4. The lowest BCUT2D eigenvalue weighted by molar-refractivity contribution is -0.132. The Balaban J connectivity index is 2.04. The summed E-state index contributed by atoms with van der Waals surface area (Å²) in [7, 11) is 3.36. The Morgan fingerprint density at radius 2 is 2.00 bits per heavy atom. The number of aromatic hydroxyl groups is 1. The molecule has 3 rings (SSSR count). The molecule has 1 fully saturated rings. The van der Waals surface area contributed by atoms with E-state index in [1.54, 1.807) is 11.8 Å². The molecule has 1 amide bonds. The summed E-state index contributed by atoms with van der Waals surface area (Å²) in [5.41, 5.74) is -0.0700. The Hall–Kier alpha value is -2.87. The van der Waals surface area contributed by atoms with E-state index in [0.29, 0.717) is 30.3 Å². The van der Waals surface area contributed by atoms with Gasteiger partial charge in [0.05, 0.1) is 19.1 Å². The number of benzene rings is 1. The molecule has 0 saturated carbocycles. The molecule has 0 radical (unpaired) electrons. The second-order valence-corrected chi connectivity index (χ2v) is 6.69. The summed E-state index contributed by atoms with van der Waals surface area (Å²) in [5, 5.41) is 10.5. The van der Waals surface area contributed by atoms with Gasteiger partial charge in [0.1, 0.15) is 5.56 Å². The normalized spacial score (nSPS) is 15.1. The van der Waals surface area contributed by atoms with Crippen LogP contribution in [0.3, 0.4) is 0 Å². The Kier molecular flexibility index (Phi) is 5.18. The van der Waals surface area contributed by atoms with Crippen LogP contribution in [0.2, 0.25) is 0 Å². The first kappa shape index (κ1) is 18.9. The zero-order chi connectivity index (χ0) is 19.7. The number of phenolic OH excluding ortho intramolecular Hbond substituents is 1. The molecule has 27 heavy (non-hydrogen) atoms. The summed E-state index contributed by atoms with van der Waals surface area (Å²) in [5.74, 6) is -0.430. The maximum Gasteiger partial charge on any atom is 0.340 e. The third-order valence-electron chi connectivity index (χ3n) is 5.07. The van der Waals surface area contributed by atoms with Crippen LogP contribution in [0.25, 0.3) is 11.0 Å². The lowest BCUT2D eigenvalue weighted by Gasteiger charge is -2.32. The first-order chi connectivity index (χ1) is 12.9. The van der Waals surface area contributed by atoms with Gasteiger partial charge in [0.2, 0.25) is 5.91 Å². The minimum Gasteiger partial charge on any atom is -0.504 e. The van der Waals surface area contributed by atoms with Crippen LogP contribution in [-0.4, -0.2) is 67.4 Å². The number of nitrogens with zero attached hydrogens (tertiary/aromatic N) is 2. The average Bonchev–Trinajstić information content (AvgIpc) is 2.65. The van der Waals surface area contributed by atoms with Crippen LogP contribution >= 0.6 is 0 Å². The molecule has 144 valence electrons. The van der Waals surface area contributed by atoms with Crippen molar-refractivity contribution >= 4 is 23.2 Å². The van der Waals surface area contributed by atoms with E-state index in [0.717, 1.165) is 13.1 Å². The Morgan fingerprint density at radius 1 is 1.33 bits per heavy atom. The van der Waals surface area contributed by atoms with Gasteiger partial charge < -0.3 is 24.1 Å². The van der Waals surface area contributed by atoms with Crippen molar-refractivity contribution < 1.29 is 23.8 Å². The van der Waals surface area contributed by atoms with Gasteiger partial charge in [-0.05, 0) is 25.6 Å². The van der Waals surface area contributed by atoms with Crippen LogP contribution in [0.4, 0.5) is 0 Å². The molecule has 0 atom stereocenters. The maximum atomic E-state index is 12.6. The lowest BCUT2D eigenvalue weighted by Crippen LogP contribution is -2.47. The van der Waals surface area contributed by atoms with Gasteiger partial charge in [-0.15, -0.1) is 0 Å². The first-order valence-corrected chi connectivity index (χ1v) is 8.65. The van der Waals surface area contributed by atoms with E-state index in [1.165, 1.54) is 13.2 Å². The molecule has 1 aromatic carbocycles. The second kappa shape index (κ2) is 7.40. The molecule has 1 aromatic heterocycles. The fourth-order valence-corrected chi connectivity index (χ4v) is 3.30. The molecule has 1 aliphatic heterocycles. The monoisotopic (exact) mass is 374 g/mol. The van der Waals surface area contributed by atoms with Gasteiger partial charge in [-0.2, -0.15) is 0 Å². The number of amides is 1. The molecule has 2 aromatic rings. The summed E-state index contributed by atoms with van der Waals surface area (Å²) in [6, 6.07) is 1.50. The number of hydrogen-bond donors (Lipinski definition) is 1. The van der Waals surface area contributed by atoms with Gasteiger partial charge in [-0.25, -0.2) is 4.79 Å². The van der Waals surface area contributed by atoms with E-state index in [2.05, 4.69) is 4.90 Å². The molecule has 0 spiro atoms. The molecular weight excluding hydrogens is 352 g/mol. The van der Waals surface area contributed by atoms with Crippen LogP contribution in [0, 0.1) is 6.92 Å². The van der Waals surface area contributed by atoms with E-state index in [1.807, 2.05) is 7.05 Å². The van der Waals surface area contributed by atoms with Gasteiger partial charge in [0, 0.05) is 31.6 Å². The smallest absolute Gasteiger partial charge is 0.340 e. The summed E-state index contributed by atoms with van der Waals surface area (Å²) in [4.78, 5) is 40.4. The van der Waals surface area contributed by atoms with Crippen LogP contribution in [-0.2, 0) is 11.2 Å². The maximum absolute atomic E-state index is 12.6. The number of aldehydes is 1. The number of phenols is 1. The van der Waals surface area contributed by atoms with Gasteiger partial charge >= 0.3 is 5.63 Å². The van der Waals surface area contributed by atoms with E-state index in [-0.39, 0.29) is 40.5 Å². The Labute approximate surface area is 155 Å². The highest BCUT2D eigenvalue weighted by molar-refractivity contribution is 6.00. The van der Waals surface area contributed by atoms with E-state index in [4.69, 9.17) is 9.15 Å². The number of ether oxygens (including phenoxy) is 1. The Bertz CT molecular complexity index is 957. The predicted octanol–water partition coefficient (Wildman–Crippen LogP) is 0.945. The topological polar surface area (TPSA) is 100 Å². The van der Waals surface area contributed by atoms with Crippen LogP contribution in [0.5, 0.6) is 11.5 Å². The minimum atomic E-state index is -0.685. The number of methoxy groups -OCH3 is 1. The number of likely N-dealkylation sites (N-methyl/N-ethyl adjacent to an activating group) is 1. The van der Waals surface area contributed by atoms with Crippen molar-refractivity contribution in [3.05, 3.63) is 33.2 Å². The fraction of sp³-hybridized carbons (Fsp3) is 0.421. The van der Waals surface area contributed by atoms with Crippen LogP contribution in [0.15, 0.2) is 15.3 Å². The van der Waals surface area contributed by atoms with Crippen molar-refractivity contribution in [2.45, 2.75) is 13.3 Å². The second-order valence-electron chi connectivity index (χ2n) is 6.69. The summed E-state index contributed by atoms with van der Waals surface area (Å²) >= 11 is 0. The van der Waals surface area contributed by atoms with E-state index < -0.39 is 5.63 Å². The van der Waals surface area contributed by atoms with Gasteiger partial charge in [-0.3, -0.25) is 9.59 Å². The molecule has 1 saturated heterocycles. The average molecular weight is 374 g/mol. The summed E-state index contributed by atoms with van der Waals surface area (Å²) in [6.07, 6.45) is 0.338. The quantitative estimate of drug-likeness (QED) is 0.628.